The lowest BCUT2D eigenvalue weighted by molar-refractivity contribution is -0.151. The Morgan fingerprint density at radius 2 is 1.75 bits per heavy atom. The van der Waals surface area contributed by atoms with Gasteiger partial charge in [-0.3, -0.25) is 9.59 Å². The summed E-state index contributed by atoms with van der Waals surface area (Å²) in [7, 11) is 1.52. The summed E-state index contributed by atoms with van der Waals surface area (Å²) in [6, 6.07) is 5.39. The molecule has 0 spiro atoms. The highest BCUT2D eigenvalue weighted by Crippen LogP contribution is 2.28. The molecule has 0 heterocycles. The van der Waals surface area contributed by atoms with E-state index in [1.165, 1.54) is 7.11 Å². The molecule has 0 amide bonds. The molecular weight excluding hydrogens is 308 g/mol. The fourth-order valence-electron chi connectivity index (χ4n) is 2.33. The number of aryl methyl sites for hydroxylation is 1. The van der Waals surface area contributed by atoms with Crippen molar-refractivity contribution in [2.24, 2.45) is 5.92 Å². The highest BCUT2D eigenvalue weighted by Gasteiger charge is 2.17. The summed E-state index contributed by atoms with van der Waals surface area (Å²) in [4.78, 5) is 23.7. The van der Waals surface area contributed by atoms with E-state index in [9.17, 15) is 9.59 Å². The largest absolute Gasteiger partial charge is 0.493 e. The van der Waals surface area contributed by atoms with E-state index in [-0.39, 0.29) is 36.8 Å². The summed E-state index contributed by atoms with van der Waals surface area (Å²) in [5.74, 6) is 0.545. The number of methoxy groups -OCH3 is 1. The van der Waals surface area contributed by atoms with E-state index >= 15 is 0 Å². The van der Waals surface area contributed by atoms with Crippen molar-refractivity contribution in [1.29, 1.82) is 0 Å². The van der Waals surface area contributed by atoms with Crippen molar-refractivity contribution in [1.82, 2.24) is 0 Å². The van der Waals surface area contributed by atoms with Crippen LogP contribution in [-0.2, 0) is 14.3 Å². The van der Waals surface area contributed by atoms with Gasteiger partial charge < -0.3 is 14.2 Å². The summed E-state index contributed by atoms with van der Waals surface area (Å²) < 4.78 is 15.9. The molecule has 24 heavy (non-hydrogen) atoms. The molecule has 0 N–H and O–H groups in total. The lowest BCUT2D eigenvalue weighted by Crippen LogP contribution is -2.22. The second-order valence-corrected chi connectivity index (χ2v) is 6.16. The molecule has 1 atom stereocenters. The number of hydrogen-bond donors (Lipinski definition) is 0. The van der Waals surface area contributed by atoms with Crippen LogP contribution in [-0.4, -0.2) is 25.2 Å². The Morgan fingerprint density at radius 1 is 1.08 bits per heavy atom. The maximum absolute atomic E-state index is 11.9. The molecule has 0 saturated carbocycles. The molecule has 0 saturated heterocycles. The maximum atomic E-state index is 11.9. The predicted molar refractivity (Wildman–Crippen MR) is 92.2 cm³/mol. The van der Waals surface area contributed by atoms with Crippen LogP contribution < -0.4 is 9.47 Å². The van der Waals surface area contributed by atoms with Crippen molar-refractivity contribution >= 4 is 11.9 Å². The van der Waals surface area contributed by atoms with Crippen LogP contribution in [0.2, 0.25) is 0 Å². The fraction of sp³-hybridized carbons (Fsp3) is 0.579. The van der Waals surface area contributed by atoms with Crippen molar-refractivity contribution in [2.45, 2.75) is 59.5 Å². The number of carbonyl (C=O) groups is 2. The summed E-state index contributed by atoms with van der Waals surface area (Å²) in [6.45, 7) is 7.94. The smallest absolute Gasteiger partial charge is 0.311 e. The van der Waals surface area contributed by atoms with Gasteiger partial charge in [0, 0.05) is 12.8 Å². The zero-order valence-electron chi connectivity index (χ0n) is 15.3. The van der Waals surface area contributed by atoms with E-state index in [0.29, 0.717) is 17.9 Å². The number of rotatable bonds is 9. The van der Waals surface area contributed by atoms with Gasteiger partial charge in [-0.05, 0) is 43.4 Å². The quantitative estimate of drug-likeness (QED) is 0.503. The minimum absolute atomic E-state index is 0.0685. The zero-order chi connectivity index (χ0) is 18.1. The van der Waals surface area contributed by atoms with Crippen molar-refractivity contribution in [3.8, 4) is 11.5 Å². The number of esters is 2. The third kappa shape index (κ3) is 6.60. The highest BCUT2D eigenvalue weighted by molar-refractivity contribution is 5.75. The fourth-order valence-corrected chi connectivity index (χ4v) is 2.33. The van der Waals surface area contributed by atoms with Gasteiger partial charge in [-0.25, -0.2) is 0 Å². The van der Waals surface area contributed by atoms with Gasteiger partial charge in [-0.2, -0.15) is 0 Å². The number of carbonyl (C=O) groups excluding carboxylic acids is 2. The minimum Gasteiger partial charge on any atom is -0.493 e. The Morgan fingerprint density at radius 3 is 2.33 bits per heavy atom. The Hall–Kier alpha value is -2.04. The molecular formula is C19H28O5. The summed E-state index contributed by atoms with van der Waals surface area (Å²) >= 11 is 0. The van der Waals surface area contributed by atoms with Gasteiger partial charge in [-0.15, -0.1) is 0 Å². The van der Waals surface area contributed by atoms with Gasteiger partial charge >= 0.3 is 11.9 Å². The predicted octanol–water partition coefficient (Wildman–Crippen LogP) is 4.06. The Balaban J connectivity index is 2.42. The number of benzene rings is 1. The molecule has 134 valence electrons. The molecule has 0 fully saturated rings. The van der Waals surface area contributed by atoms with Gasteiger partial charge in [-0.1, -0.05) is 26.8 Å². The van der Waals surface area contributed by atoms with E-state index in [0.717, 1.165) is 12.0 Å². The molecule has 0 aromatic heterocycles. The third-order valence-corrected chi connectivity index (χ3v) is 3.73. The first-order valence-electron chi connectivity index (χ1n) is 8.42. The summed E-state index contributed by atoms with van der Waals surface area (Å²) in [5, 5.41) is 0. The van der Waals surface area contributed by atoms with Crippen molar-refractivity contribution in [3.05, 3.63) is 23.8 Å². The Kier molecular flexibility index (Phi) is 8.30. The first-order valence-corrected chi connectivity index (χ1v) is 8.42. The van der Waals surface area contributed by atoms with Gasteiger partial charge in [0.05, 0.1) is 7.11 Å². The van der Waals surface area contributed by atoms with Crippen LogP contribution in [0.4, 0.5) is 0 Å². The molecule has 1 aromatic carbocycles. The number of ether oxygens (including phenoxy) is 3. The molecule has 0 radical (unpaired) electrons. The molecule has 5 heteroatoms. The maximum Gasteiger partial charge on any atom is 0.311 e. The normalized spacial score (nSPS) is 11.9. The Labute approximate surface area is 144 Å². The van der Waals surface area contributed by atoms with Crippen LogP contribution in [0.15, 0.2) is 18.2 Å². The molecule has 0 aliphatic heterocycles. The molecule has 1 unspecified atom stereocenters. The van der Waals surface area contributed by atoms with Crippen LogP contribution in [0.3, 0.4) is 0 Å². The van der Waals surface area contributed by atoms with Crippen LogP contribution in [0.5, 0.6) is 11.5 Å². The van der Waals surface area contributed by atoms with E-state index in [2.05, 4.69) is 0 Å². The molecule has 0 aliphatic carbocycles. The average molecular weight is 336 g/mol. The second-order valence-electron chi connectivity index (χ2n) is 6.16. The number of hydrogen-bond acceptors (Lipinski definition) is 5. The lowest BCUT2D eigenvalue weighted by Gasteiger charge is -2.19. The van der Waals surface area contributed by atoms with Gasteiger partial charge in [0.1, 0.15) is 6.10 Å². The van der Waals surface area contributed by atoms with E-state index in [4.69, 9.17) is 14.2 Å². The van der Waals surface area contributed by atoms with Crippen molar-refractivity contribution in [2.75, 3.05) is 7.11 Å². The molecule has 0 aliphatic rings. The van der Waals surface area contributed by atoms with Gasteiger partial charge in [0.2, 0.25) is 0 Å². The van der Waals surface area contributed by atoms with Crippen LogP contribution in [0.1, 0.15) is 52.0 Å². The van der Waals surface area contributed by atoms with Crippen molar-refractivity contribution in [3.63, 3.8) is 0 Å². The van der Waals surface area contributed by atoms with Crippen molar-refractivity contribution < 1.29 is 23.8 Å². The lowest BCUT2D eigenvalue weighted by atomic mass is 10.1. The summed E-state index contributed by atoms with van der Waals surface area (Å²) in [6.07, 6.45) is 1.49. The average Bonchev–Trinajstić information content (AvgIpc) is 2.52. The first-order chi connectivity index (χ1) is 11.4. The topological polar surface area (TPSA) is 61.8 Å². The Bertz CT molecular complexity index is 551. The molecule has 0 bridgehead atoms. The van der Waals surface area contributed by atoms with Crippen LogP contribution in [0.25, 0.3) is 0 Å². The van der Waals surface area contributed by atoms with Crippen LogP contribution >= 0.6 is 0 Å². The van der Waals surface area contributed by atoms with Gasteiger partial charge in [0.25, 0.3) is 0 Å². The van der Waals surface area contributed by atoms with Crippen LogP contribution in [0, 0.1) is 12.8 Å². The second kappa shape index (κ2) is 9.96. The molecule has 5 nitrogen and oxygen atoms in total. The third-order valence-electron chi connectivity index (χ3n) is 3.73. The standard InChI is InChI=1S/C19H28O5/c1-6-15(13(2)3)23-18(20)8-7-9-19(21)24-17-12-14(4)10-11-16(17)22-5/h10-13,15H,6-9H2,1-5H3. The van der Waals surface area contributed by atoms with Gasteiger partial charge in [0.15, 0.2) is 11.5 Å². The summed E-state index contributed by atoms with van der Waals surface area (Å²) in [5.41, 5.74) is 0.974. The zero-order valence-corrected chi connectivity index (χ0v) is 15.3. The van der Waals surface area contributed by atoms with E-state index in [1.807, 2.05) is 33.8 Å². The minimum atomic E-state index is -0.386. The first kappa shape index (κ1) is 20.0. The van der Waals surface area contributed by atoms with E-state index < -0.39 is 0 Å². The monoisotopic (exact) mass is 336 g/mol. The van der Waals surface area contributed by atoms with E-state index in [1.54, 1.807) is 12.1 Å². The molecule has 1 rings (SSSR count). The molecule has 1 aromatic rings. The highest BCUT2D eigenvalue weighted by atomic mass is 16.6. The SMILES string of the molecule is CCC(OC(=O)CCCC(=O)Oc1cc(C)ccc1OC)C(C)C.